The molecule has 3 rings (SSSR count). The number of amides is 1. The Kier molecular flexibility index (Phi) is 4.97. The molecule has 1 unspecified atom stereocenters. The molecule has 6 heteroatoms. The van der Waals surface area contributed by atoms with E-state index in [-0.39, 0.29) is 18.6 Å². The van der Waals surface area contributed by atoms with Gasteiger partial charge in [0, 0.05) is 24.2 Å². The Morgan fingerprint density at radius 3 is 2.68 bits per heavy atom. The van der Waals surface area contributed by atoms with E-state index in [9.17, 15) is 4.79 Å². The van der Waals surface area contributed by atoms with Crippen LogP contribution in [0.2, 0.25) is 0 Å². The van der Waals surface area contributed by atoms with Gasteiger partial charge in [-0.1, -0.05) is 13.0 Å². The smallest absolute Gasteiger partial charge is 0.231 e. The van der Waals surface area contributed by atoms with E-state index in [0.29, 0.717) is 29.4 Å². The van der Waals surface area contributed by atoms with Crippen molar-refractivity contribution in [3.05, 3.63) is 42.0 Å². The van der Waals surface area contributed by atoms with Crippen LogP contribution in [0.15, 0.2) is 36.4 Å². The van der Waals surface area contributed by atoms with Gasteiger partial charge >= 0.3 is 0 Å². The van der Waals surface area contributed by atoms with Crippen LogP contribution in [-0.2, 0) is 4.79 Å². The second kappa shape index (κ2) is 7.34. The molecule has 2 aromatic carbocycles. The molecule has 1 atom stereocenters. The van der Waals surface area contributed by atoms with Crippen LogP contribution < -0.4 is 24.3 Å². The number of carbonyl (C=O) groups excluding carboxylic acids is 1. The van der Waals surface area contributed by atoms with Gasteiger partial charge in [-0.15, -0.1) is 0 Å². The van der Waals surface area contributed by atoms with Crippen molar-refractivity contribution in [1.29, 1.82) is 0 Å². The van der Waals surface area contributed by atoms with Crippen molar-refractivity contribution in [3.8, 4) is 23.0 Å². The van der Waals surface area contributed by atoms with Crippen molar-refractivity contribution < 1.29 is 23.7 Å². The van der Waals surface area contributed by atoms with Gasteiger partial charge in [-0.2, -0.15) is 0 Å². The Balaban J connectivity index is 1.66. The fourth-order valence-electron chi connectivity index (χ4n) is 2.80. The number of hydrogen-bond donors (Lipinski definition) is 1. The van der Waals surface area contributed by atoms with E-state index < -0.39 is 0 Å². The van der Waals surface area contributed by atoms with Crippen LogP contribution in [0.3, 0.4) is 0 Å². The molecule has 132 valence electrons. The molecule has 0 radical (unpaired) electrons. The normalized spacial score (nSPS) is 13.2. The number of nitrogens with one attached hydrogen (secondary N) is 1. The quantitative estimate of drug-likeness (QED) is 0.869. The van der Waals surface area contributed by atoms with E-state index in [4.69, 9.17) is 18.9 Å². The second-order valence-electron chi connectivity index (χ2n) is 5.83. The fourth-order valence-corrected chi connectivity index (χ4v) is 2.80. The van der Waals surface area contributed by atoms with Gasteiger partial charge in [-0.05, 0) is 29.7 Å². The number of hydrogen-bond acceptors (Lipinski definition) is 5. The minimum Gasteiger partial charge on any atom is -0.497 e. The number of rotatable bonds is 6. The maximum Gasteiger partial charge on any atom is 0.231 e. The van der Waals surface area contributed by atoms with Gasteiger partial charge < -0.3 is 24.3 Å². The highest BCUT2D eigenvalue weighted by molar-refractivity contribution is 5.91. The van der Waals surface area contributed by atoms with Crippen molar-refractivity contribution in [2.45, 2.75) is 19.3 Å². The third-order valence-corrected chi connectivity index (χ3v) is 4.12. The SMILES string of the molecule is COc1ccc(C(C)CC(=O)Nc2ccc3c(c2)OCO3)c(OC)c1. The summed E-state index contributed by atoms with van der Waals surface area (Å²) in [5.41, 5.74) is 1.65. The zero-order chi connectivity index (χ0) is 17.8. The van der Waals surface area contributed by atoms with Crippen molar-refractivity contribution in [2.75, 3.05) is 26.3 Å². The first-order valence-electron chi connectivity index (χ1n) is 8.02. The lowest BCUT2D eigenvalue weighted by Gasteiger charge is -2.16. The molecule has 6 nitrogen and oxygen atoms in total. The minimum atomic E-state index is -0.0794. The summed E-state index contributed by atoms with van der Waals surface area (Å²) in [6.45, 7) is 2.20. The lowest BCUT2D eigenvalue weighted by atomic mass is 9.96. The highest BCUT2D eigenvalue weighted by Crippen LogP contribution is 2.35. The Hall–Kier alpha value is -2.89. The van der Waals surface area contributed by atoms with E-state index in [0.717, 1.165) is 11.3 Å². The number of benzene rings is 2. The van der Waals surface area contributed by atoms with Crippen molar-refractivity contribution in [3.63, 3.8) is 0 Å². The first-order valence-corrected chi connectivity index (χ1v) is 8.02. The van der Waals surface area contributed by atoms with Crippen molar-refractivity contribution in [1.82, 2.24) is 0 Å². The van der Waals surface area contributed by atoms with E-state index in [1.165, 1.54) is 0 Å². The molecule has 0 saturated carbocycles. The number of methoxy groups -OCH3 is 2. The summed E-state index contributed by atoms with van der Waals surface area (Å²) in [5, 5.41) is 2.89. The van der Waals surface area contributed by atoms with Gasteiger partial charge in [-0.3, -0.25) is 4.79 Å². The number of fused-ring (bicyclic) bond motifs is 1. The van der Waals surface area contributed by atoms with Gasteiger partial charge in [0.2, 0.25) is 12.7 Å². The average Bonchev–Trinajstić information content (AvgIpc) is 3.08. The Morgan fingerprint density at radius 2 is 1.92 bits per heavy atom. The predicted molar refractivity (Wildman–Crippen MR) is 93.8 cm³/mol. The highest BCUT2D eigenvalue weighted by Gasteiger charge is 2.18. The minimum absolute atomic E-state index is 0.00475. The Bertz CT molecular complexity index is 774. The highest BCUT2D eigenvalue weighted by atomic mass is 16.7. The first-order chi connectivity index (χ1) is 12.1. The molecular formula is C19H21NO5. The summed E-state index contributed by atoms with van der Waals surface area (Å²) in [6.07, 6.45) is 0.330. The lowest BCUT2D eigenvalue weighted by molar-refractivity contribution is -0.116. The molecule has 1 amide bonds. The van der Waals surface area contributed by atoms with Crippen LogP contribution in [0.1, 0.15) is 24.8 Å². The average molecular weight is 343 g/mol. The van der Waals surface area contributed by atoms with Crippen LogP contribution in [0.4, 0.5) is 5.69 Å². The molecule has 1 N–H and O–H groups in total. The fraction of sp³-hybridized carbons (Fsp3) is 0.316. The van der Waals surface area contributed by atoms with E-state index >= 15 is 0 Å². The molecule has 0 saturated heterocycles. The summed E-state index contributed by atoms with van der Waals surface area (Å²) in [6, 6.07) is 11.0. The summed E-state index contributed by atoms with van der Waals surface area (Å²) in [5.74, 6) is 2.68. The molecule has 0 spiro atoms. The second-order valence-corrected chi connectivity index (χ2v) is 5.83. The lowest BCUT2D eigenvalue weighted by Crippen LogP contribution is -2.14. The predicted octanol–water partition coefficient (Wildman–Crippen LogP) is 3.56. The molecule has 25 heavy (non-hydrogen) atoms. The molecule has 1 aliphatic rings. The maximum absolute atomic E-state index is 12.4. The van der Waals surface area contributed by atoms with Gasteiger partial charge in [0.1, 0.15) is 11.5 Å². The summed E-state index contributed by atoms with van der Waals surface area (Å²) in [7, 11) is 3.22. The zero-order valence-electron chi connectivity index (χ0n) is 14.5. The molecule has 0 fully saturated rings. The van der Waals surface area contributed by atoms with E-state index in [2.05, 4.69) is 5.32 Å². The maximum atomic E-state index is 12.4. The molecule has 2 aromatic rings. The van der Waals surface area contributed by atoms with Gasteiger partial charge in [0.05, 0.1) is 14.2 Å². The zero-order valence-corrected chi connectivity index (χ0v) is 14.5. The van der Waals surface area contributed by atoms with Crippen LogP contribution >= 0.6 is 0 Å². The molecule has 1 aliphatic heterocycles. The van der Waals surface area contributed by atoms with Gasteiger partial charge in [-0.25, -0.2) is 0 Å². The third-order valence-electron chi connectivity index (χ3n) is 4.12. The number of ether oxygens (including phenoxy) is 4. The van der Waals surface area contributed by atoms with E-state index in [1.807, 2.05) is 25.1 Å². The molecule has 0 aliphatic carbocycles. The Labute approximate surface area is 146 Å². The van der Waals surface area contributed by atoms with Gasteiger partial charge in [0.25, 0.3) is 0 Å². The summed E-state index contributed by atoms with van der Waals surface area (Å²) in [4.78, 5) is 12.4. The standard InChI is InChI=1S/C19H21NO5/c1-12(15-6-5-14(22-2)10-17(15)23-3)8-19(21)20-13-4-7-16-18(9-13)25-11-24-16/h4-7,9-10,12H,8,11H2,1-3H3,(H,20,21). The van der Waals surface area contributed by atoms with Crippen LogP contribution in [0.5, 0.6) is 23.0 Å². The first kappa shape index (κ1) is 17.0. The van der Waals surface area contributed by atoms with Gasteiger partial charge in [0.15, 0.2) is 11.5 Å². The third kappa shape index (κ3) is 3.79. The van der Waals surface area contributed by atoms with Crippen LogP contribution in [-0.4, -0.2) is 26.9 Å². The van der Waals surface area contributed by atoms with Crippen LogP contribution in [0.25, 0.3) is 0 Å². The van der Waals surface area contributed by atoms with Crippen molar-refractivity contribution >= 4 is 11.6 Å². The largest absolute Gasteiger partial charge is 0.497 e. The molecular weight excluding hydrogens is 322 g/mol. The molecule has 0 bridgehead atoms. The van der Waals surface area contributed by atoms with Crippen molar-refractivity contribution in [2.24, 2.45) is 0 Å². The monoisotopic (exact) mass is 343 g/mol. The summed E-state index contributed by atoms with van der Waals surface area (Å²) < 4.78 is 21.2. The Morgan fingerprint density at radius 1 is 1.12 bits per heavy atom. The molecule has 0 aromatic heterocycles. The van der Waals surface area contributed by atoms with E-state index in [1.54, 1.807) is 32.4 Å². The molecule has 1 heterocycles. The summed E-state index contributed by atoms with van der Waals surface area (Å²) >= 11 is 0. The van der Waals surface area contributed by atoms with Crippen LogP contribution in [0, 0.1) is 0 Å². The topological polar surface area (TPSA) is 66.0 Å². The number of carbonyl (C=O) groups is 1. The number of anilines is 1.